The van der Waals surface area contributed by atoms with Gasteiger partial charge in [-0.2, -0.15) is 0 Å². The largest absolute Gasteiger partial charge is 0.497 e. The van der Waals surface area contributed by atoms with Crippen molar-refractivity contribution < 1.29 is 18.8 Å². The SMILES string of the molecule is COc1ccc(OC)c(NC(=O)c2cc(C3CC3)on2)c1. The molecule has 1 aliphatic rings. The molecule has 1 saturated carbocycles. The molecule has 110 valence electrons. The summed E-state index contributed by atoms with van der Waals surface area (Å²) in [5, 5.41) is 6.57. The van der Waals surface area contributed by atoms with Gasteiger partial charge in [0.25, 0.3) is 5.91 Å². The number of methoxy groups -OCH3 is 2. The fourth-order valence-corrected chi connectivity index (χ4v) is 2.05. The van der Waals surface area contributed by atoms with Gasteiger partial charge in [-0.1, -0.05) is 5.16 Å². The first-order valence-corrected chi connectivity index (χ1v) is 6.71. The summed E-state index contributed by atoms with van der Waals surface area (Å²) in [4.78, 5) is 12.2. The average molecular weight is 288 g/mol. The van der Waals surface area contributed by atoms with Gasteiger partial charge in [0.05, 0.1) is 19.9 Å². The Morgan fingerprint density at radius 3 is 2.76 bits per heavy atom. The van der Waals surface area contributed by atoms with Crippen LogP contribution in [0.4, 0.5) is 5.69 Å². The second-order valence-electron chi connectivity index (χ2n) is 4.91. The Morgan fingerprint density at radius 2 is 2.10 bits per heavy atom. The van der Waals surface area contributed by atoms with Crippen LogP contribution >= 0.6 is 0 Å². The molecular formula is C15H16N2O4. The molecular weight excluding hydrogens is 272 g/mol. The molecule has 1 fully saturated rings. The van der Waals surface area contributed by atoms with Gasteiger partial charge < -0.3 is 19.3 Å². The van der Waals surface area contributed by atoms with Crippen molar-refractivity contribution in [3.8, 4) is 11.5 Å². The minimum absolute atomic E-state index is 0.266. The van der Waals surface area contributed by atoms with E-state index >= 15 is 0 Å². The minimum atomic E-state index is -0.336. The first-order valence-electron chi connectivity index (χ1n) is 6.71. The number of anilines is 1. The number of nitrogens with one attached hydrogen (secondary N) is 1. The van der Waals surface area contributed by atoms with Gasteiger partial charge in [0.15, 0.2) is 5.69 Å². The molecule has 2 aromatic rings. The highest BCUT2D eigenvalue weighted by Gasteiger charge is 2.29. The monoisotopic (exact) mass is 288 g/mol. The van der Waals surface area contributed by atoms with E-state index in [9.17, 15) is 4.79 Å². The molecule has 3 rings (SSSR count). The highest BCUT2D eigenvalue weighted by molar-refractivity contribution is 6.03. The van der Waals surface area contributed by atoms with Crippen molar-refractivity contribution in [3.63, 3.8) is 0 Å². The molecule has 1 heterocycles. The van der Waals surface area contributed by atoms with Crippen molar-refractivity contribution in [3.05, 3.63) is 35.7 Å². The lowest BCUT2D eigenvalue weighted by Gasteiger charge is -2.10. The maximum atomic E-state index is 12.2. The van der Waals surface area contributed by atoms with Crippen LogP contribution in [0.25, 0.3) is 0 Å². The number of aromatic nitrogens is 1. The van der Waals surface area contributed by atoms with Gasteiger partial charge >= 0.3 is 0 Å². The molecule has 0 spiro atoms. The molecule has 21 heavy (non-hydrogen) atoms. The van der Waals surface area contributed by atoms with E-state index in [-0.39, 0.29) is 11.6 Å². The molecule has 6 heteroatoms. The fraction of sp³-hybridized carbons (Fsp3) is 0.333. The van der Waals surface area contributed by atoms with Crippen LogP contribution < -0.4 is 14.8 Å². The molecule has 0 unspecified atom stereocenters. The second kappa shape index (κ2) is 5.47. The molecule has 0 radical (unpaired) electrons. The lowest BCUT2D eigenvalue weighted by Crippen LogP contribution is -2.13. The summed E-state index contributed by atoms with van der Waals surface area (Å²) in [7, 11) is 3.10. The molecule has 1 N–H and O–H groups in total. The maximum absolute atomic E-state index is 12.2. The summed E-state index contributed by atoms with van der Waals surface area (Å²) in [5.74, 6) is 2.04. The zero-order valence-corrected chi connectivity index (χ0v) is 11.9. The maximum Gasteiger partial charge on any atom is 0.277 e. The lowest BCUT2D eigenvalue weighted by molar-refractivity contribution is 0.101. The van der Waals surface area contributed by atoms with Gasteiger partial charge in [0.2, 0.25) is 0 Å². The molecule has 0 atom stereocenters. The van der Waals surface area contributed by atoms with E-state index in [0.717, 1.165) is 18.6 Å². The van der Waals surface area contributed by atoms with Crippen LogP contribution in [0.3, 0.4) is 0 Å². The fourth-order valence-electron chi connectivity index (χ4n) is 2.05. The van der Waals surface area contributed by atoms with E-state index in [1.54, 1.807) is 38.5 Å². The van der Waals surface area contributed by atoms with Gasteiger partial charge in [-0.3, -0.25) is 4.79 Å². The average Bonchev–Trinajstić information content (AvgIpc) is 3.24. The van der Waals surface area contributed by atoms with Crippen LogP contribution in [-0.4, -0.2) is 25.3 Å². The predicted octanol–water partition coefficient (Wildman–Crippen LogP) is 2.82. The Bertz CT molecular complexity index is 661. The third-order valence-corrected chi connectivity index (χ3v) is 3.40. The number of rotatable bonds is 5. The van der Waals surface area contributed by atoms with Crippen LogP contribution in [0.15, 0.2) is 28.8 Å². The summed E-state index contributed by atoms with van der Waals surface area (Å²) >= 11 is 0. The zero-order valence-electron chi connectivity index (χ0n) is 11.9. The number of benzene rings is 1. The van der Waals surface area contributed by atoms with Gasteiger partial charge in [-0.05, 0) is 25.0 Å². The number of hydrogen-bond donors (Lipinski definition) is 1. The molecule has 0 saturated heterocycles. The number of amides is 1. The van der Waals surface area contributed by atoms with Crippen molar-refractivity contribution >= 4 is 11.6 Å². The highest BCUT2D eigenvalue weighted by atomic mass is 16.5. The van der Waals surface area contributed by atoms with Crippen molar-refractivity contribution in [2.24, 2.45) is 0 Å². The molecule has 1 aromatic heterocycles. The number of hydrogen-bond acceptors (Lipinski definition) is 5. The Kier molecular flexibility index (Phi) is 3.51. The van der Waals surface area contributed by atoms with Crippen LogP contribution in [0.5, 0.6) is 11.5 Å². The number of ether oxygens (including phenoxy) is 2. The molecule has 1 amide bonds. The molecule has 0 aliphatic heterocycles. The first-order chi connectivity index (χ1) is 10.2. The van der Waals surface area contributed by atoms with Gasteiger partial charge in [-0.15, -0.1) is 0 Å². The van der Waals surface area contributed by atoms with Crippen LogP contribution in [-0.2, 0) is 0 Å². The van der Waals surface area contributed by atoms with Crippen LogP contribution in [0.2, 0.25) is 0 Å². The van der Waals surface area contributed by atoms with Crippen molar-refractivity contribution in [2.75, 3.05) is 19.5 Å². The van der Waals surface area contributed by atoms with E-state index < -0.39 is 0 Å². The minimum Gasteiger partial charge on any atom is -0.497 e. The standard InChI is InChI=1S/C15H16N2O4/c1-19-10-5-6-13(20-2)11(7-10)16-15(18)12-8-14(21-17-12)9-3-4-9/h5-9H,3-4H2,1-2H3,(H,16,18). The normalized spacial score (nSPS) is 13.8. The van der Waals surface area contributed by atoms with E-state index in [1.165, 1.54) is 0 Å². The number of carbonyl (C=O) groups is 1. The zero-order chi connectivity index (χ0) is 14.8. The quantitative estimate of drug-likeness (QED) is 0.915. The lowest BCUT2D eigenvalue weighted by atomic mass is 10.2. The summed E-state index contributed by atoms with van der Waals surface area (Å²) < 4.78 is 15.5. The summed E-state index contributed by atoms with van der Waals surface area (Å²) in [6.07, 6.45) is 2.19. The number of carbonyl (C=O) groups excluding carboxylic acids is 1. The smallest absolute Gasteiger partial charge is 0.277 e. The van der Waals surface area contributed by atoms with E-state index in [1.807, 2.05) is 0 Å². The molecule has 0 bridgehead atoms. The van der Waals surface area contributed by atoms with E-state index in [2.05, 4.69) is 10.5 Å². The highest BCUT2D eigenvalue weighted by Crippen LogP contribution is 2.40. The molecule has 1 aromatic carbocycles. The molecule has 1 aliphatic carbocycles. The van der Waals surface area contributed by atoms with E-state index in [4.69, 9.17) is 14.0 Å². The van der Waals surface area contributed by atoms with Crippen LogP contribution in [0.1, 0.15) is 35.0 Å². The van der Waals surface area contributed by atoms with Crippen molar-refractivity contribution in [1.82, 2.24) is 5.16 Å². The Hall–Kier alpha value is -2.50. The second-order valence-corrected chi connectivity index (χ2v) is 4.91. The summed E-state index contributed by atoms with van der Waals surface area (Å²) in [6, 6.07) is 6.88. The van der Waals surface area contributed by atoms with Gasteiger partial charge in [0, 0.05) is 18.1 Å². The van der Waals surface area contributed by atoms with Crippen LogP contribution in [0, 0.1) is 0 Å². The van der Waals surface area contributed by atoms with E-state index in [0.29, 0.717) is 23.1 Å². The Morgan fingerprint density at radius 1 is 1.29 bits per heavy atom. The third-order valence-electron chi connectivity index (χ3n) is 3.40. The van der Waals surface area contributed by atoms with Crippen molar-refractivity contribution in [1.29, 1.82) is 0 Å². The topological polar surface area (TPSA) is 73.6 Å². The summed E-state index contributed by atoms with van der Waals surface area (Å²) in [6.45, 7) is 0. The van der Waals surface area contributed by atoms with Gasteiger partial charge in [-0.25, -0.2) is 0 Å². The van der Waals surface area contributed by atoms with Gasteiger partial charge in [0.1, 0.15) is 17.3 Å². The summed E-state index contributed by atoms with van der Waals surface area (Å²) in [5.41, 5.74) is 0.791. The number of nitrogens with zero attached hydrogens (tertiary/aromatic N) is 1. The Labute approximate surface area is 122 Å². The first kappa shape index (κ1) is 13.5. The predicted molar refractivity (Wildman–Crippen MR) is 76.0 cm³/mol. The molecule has 6 nitrogen and oxygen atoms in total. The Balaban J connectivity index is 1.79. The van der Waals surface area contributed by atoms with Crippen molar-refractivity contribution in [2.45, 2.75) is 18.8 Å². The third kappa shape index (κ3) is 2.84.